The van der Waals surface area contributed by atoms with Gasteiger partial charge >= 0.3 is 0 Å². The Balaban J connectivity index is 1.51. The Bertz CT molecular complexity index is 880. The summed E-state index contributed by atoms with van der Waals surface area (Å²) in [6, 6.07) is 7.77. The number of benzene rings is 1. The number of nitrogens with zero attached hydrogens (tertiary/aromatic N) is 3. The molecule has 1 aromatic heterocycles. The zero-order valence-corrected chi connectivity index (χ0v) is 16.1. The highest BCUT2D eigenvalue weighted by Crippen LogP contribution is 2.28. The molecule has 148 valence electrons. The number of amides is 2. The van der Waals surface area contributed by atoms with Crippen LogP contribution in [-0.2, 0) is 16.1 Å². The zero-order chi connectivity index (χ0) is 19.7. The van der Waals surface area contributed by atoms with Crippen LogP contribution in [0.4, 0.5) is 0 Å². The number of piperidine rings is 1. The topological polar surface area (TPSA) is 90.6 Å². The number of hydrogen-bond acceptors (Lipinski definition) is 5. The van der Waals surface area contributed by atoms with E-state index in [1.807, 2.05) is 30.5 Å². The smallest absolute Gasteiger partial charge is 0.239 e. The molecule has 8 heteroatoms. The van der Waals surface area contributed by atoms with Crippen LogP contribution in [0.3, 0.4) is 0 Å². The lowest BCUT2D eigenvalue weighted by atomic mass is 9.91. The third-order valence-electron chi connectivity index (χ3n) is 5.59. The van der Waals surface area contributed by atoms with E-state index in [1.54, 1.807) is 14.2 Å². The van der Waals surface area contributed by atoms with E-state index in [2.05, 4.69) is 20.4 Å². The molecule has 3 heterocycles. The highest BCUT2D eigenvalue weighted by molar-refractivity contribution is 5.89. The lowest BCUT2D eigenvalue weighted by Gasteiger charge is -2.37. The van der Waals surface area contributed by atoms with Gasteiger partial charge in [-0.05, 0) is 18.6 Å². The van der Waals surface area contributed by atoms with E-state index in [1.165, 1.54) is 4.90 Å². The number of fused-ring (bicyclic) bond motifs is 1. The van der Waals surface area contributed by atoms with Crippen LogP contribution in [0.15, 0.2) is 30.5 Å². The fourth-order valence-corrected chi connectivity index (χ4v) is 4.12. The molecule has 0 unspecified atom stereocenters. The van der Waals surface area contributed by atoms with Crippen molar-refractivity contribution in [2.45, 2.75) is 19.0 Å². The minimum Gasteiger partial charge on any atom is -0.497 e. The molecule has 0 aliphatic carbocycles. The molecule has 2 aliphatic heterocycles. The Labute approximate surface area is 163 Å². The molecule has 1 aromatic carbocycles. The van der Waals surface area contributed by atoms with Crippen molar-refractivity contribution >= 4 is 11.8 Å². The van der Waals surface area contributed by atoms with Crippen LogP contribution in [0.1, 0.15) is 12.0 Å². The predicted molar refractivity (Wildman–Crippen MR) is 104 cm³/mol. The molecule has 0 saturated carbocycles. The van der Waals surface area contributed by atoms with Crippen LogP contribution >= 0.6 is 0 Å². The third-order valence-corrected chi connectivity index (χ3v) is 5.59. The van der Waals surface area contributed by atoms with E-state index in [9.17, 15) is 9.59 Å². The van der Waals surface area contributed by atoms with Gasteiger partial charge in [0.2, 0.25) is 11.8 Å². The molecule has 0 bridgehead atoms. The first-order valence-electron chi connectivity index (χ1n) is 9.48. The molecule has 2 aromatic rings. The molecule has 28 heavy (non-hydrogen) atoms. The Morgan fingerprint density at radius 3 is 3.00 bits per heavy atom. The van der Waals surface area contributed by atoms with Gasteiger partial charge in [0, 0.05) is 43.9 Å². The summed E-state index contributed by atoms with van der Waals surface area (Å²) >= 11 is 0. The van der Waals surface area contributed by atoms with Gasteiger partial charge in [0.05, 0.1) is 31.5 Å². The van der Waals surface area contributed by atoms with Gasteiger partial charge in [-0.15, -0.1) is 0 Å². The molecule has 2 atom stereocenters. The molecule has 4 rings (SSSR count). The van der Waals surface area contributed by atoms with E-state index in [-0.39, 0.29) is 30.3 Å². The van der Waals surface area contributed by atoms with Crippen LogP contribution in [0.2, 0.25) is 0 Å². The van der Waals surface area contributed by atoms with Gasteiger partial charge in [0.1, 0.15) is 5.75 Å². The fraction of sp³-hybridized carbons (Fsp3) is 0.450. The first-order valence-corrected chi connectivity index (χ1v) is 9.48. The van der Waals surface area contributed by atoms with E-state index in [0.717, 1.165) is 35.5 Å². The highest BCUT2D eigenvalue weighted by Gasteiger charge is 2.39. The minimum absolute atomic E-state index is 0.0354. The first kappa shape index (κ1) is 18.5. The number of carbonyl (C=O) groups is 2. The molecule has 2 fully saturated rings. The van der Waals surface area contributed by atoms with E-state index < -0.39 is 0 Å². The highest BCUT2D eigenvalue weighted by atomic mass is 16.5. The molecular weight excluding hydrogens is 358 g/mol. The summed E-state index contributed by atoms with van der Waals surface area (Å²) in [6.07, 6.45) is 2.60. The summed E-state index contributed by atoms with van der Waals surface area (Å²) in [7, 11) is 3.34. The Morgan fingerprint density at radius 1 is 1.32 bits per heavy atom. The van der Waals surface area contributed by atoms with Gasteiger partial charge < -0.3 is 15.0 Å². The second-order valence-electron chi connectivity index (χ2n) is 7.50. The van der Waals surface area contributed by atoms with Gasteiger partial charge in [0.25, 0.3) is 0 Å². The van der Waals surface area contributed by atoms with E-state index >= 15 is 0 Å². The fourth-order valence-electron chi connectivity index (χ4n) is 4.12. The third kappa shape index (κ3) is 3.60. The maximum atomic E-state index is 12.7. The van der Waals surface area contributed by atoms with Crippen molar-refractivity contribution < 1.29 is 14.3 Å². The van der Waals surface area contributed by atoms with Gasteiger partial charge in [-0.2, -0.15) is 5.10 Å². The number of H-pyrrole nitrogens is 1. The monoisotopic (exact) mass is 383 g/mol. The summed E-state index contributed by atoms with van der Waals surface area (Å²) in [6.45, 7) is 2.27. The second kappa shape index (κ2) is 7.63. The van der Waals surface area contributed by atoms with Crippen molar-refractivity contribution in [2.24, 2.45) is 5.92 Å². The molecule has 2 aliphatic rings. The second-order valence-corrected chi connectivity index (χ2v) is 7.50. The predicted octanol–water partition coefficient (Wildman–Crippen LogP) is 0.864. The van der Waals surface area contributed by atoms with Gasteiger partial charge in [-0.3, -0.25) is 19.6 Å². The lowest BCUT2D eigenvalue weighted by molar-refractivity contribution is -0.136. The standard InChI is InChI=1S/C20H25N5O3/c1-24-12-18(26)22-17-6-7-25(11-16(17)20(24)27)10-14-9-21-23-19(14)13-4-3-5-15(8-13)28-2/h3-5,8-9,16-17H,6-7,10-12H2,1-2H3,(H,21,23)(H,22,26)/t16-,17+/m0/s1. The quantitative estimate of drug-likeness (QED) is 0.817. The molecule has 0 spiro atoms. The molecule has 2 N–H and O–H groups in total. The average molecular weight is 383 g/mol. The van der Waals surface area contributed by atoms with Crippen LogP contribution < -0.4 is 10.1 Å². The van der Waals surface area contributed by atoms with Gasteiger partial charge in [-0.25, -0.2) is 0 Å². The number of nitrogens with one attached hydrogen (secondary N) is 2. The van der Waals surface area contributed by atoms with Crippen molar-refractivity contribution in [3.8, 4) is 17.0 Å². The normalized spacial score (nSPS) is 23.1. The number of likely N-dealkylation sites (N-methyl/N-ethyl adjacent to an activating group) is 1. The summed E-state index contributed by atoms with van der Waals surface area (Å²) in [5.41, 5.74) is 3.04. The Morgan fingerprint density at radius 2 is 2.18 bits per heavy atom. The number of likely N-dealkylation sites (tertiary alicyclic amines) is 1. The number of rotatable bonds is 4. The van der Waals surface area contributed by atoms with Gasteiger partial charge in [-0.1, -0.05) is 12.1 Å². The van der Waals surface area contributed by atoms with Gasteiger partial charge in [0.15, 0.2) is 0 Å². The maximum absolute atomic E-state index is 12.7. The first-order chi connectivity index (χ1) is 13.5. The average Bonchev–Trinajstić information content (AvgIpc) is 3.12. The van der Waals surface area contributed by atoms with Crippen molar-refractivity contribution in [2.75, 3.05) is 33.8 Å². The minimum atomic E-state index is -0.211. The maximum Gasteiger partial charge on any atom is 0.239 e. The largest absolute Gasteiger partial charge is 0.497 e. The van der Waals surface area contributed by atoms with Crippen LogP contribution in [0.25, 0.3) is 11.3 Å². The SMILES string of the molecule is COc1cccc(-c2[nH]ncc2CN2CC[C@H]3NC(=O)CN(C)C(=O)[C@H]3C2)c1. The number of ether oxygens (including phenoxy) is 1. The summed E-state index contributed by atoms with van der Waals surface area (Å²) in [5, 5.41) is 10.3. The number of hydrogen-bond donors (Lipinski definition) is 2. The summed E-state index contributed by atoms with van der Waals surface area (Å²) in [4.78, 5) is 28.4. The van der Waals surface area contributed by atoms with Crippen LogP contribution in [0, 0.1) is 5.92 Å². The van der Waals surface area contributed by atoms with E-state index in [0.29, 0.717) is 13.1 Å². The Kier molecular flexibility index (Phi) is 5.04. The van der Waals surface area contributed by atoms with Crippen molar-refractivity contribution in [1.29, 1.82) is 0 Å². The number of aromatic nitrogens is 2. The van der Waals surface area contributed by atoms with E-state index in [4.69, 9.17) is 4.74 Å². The summed E-state index contributed by atoms with van der Waals surface area (Å²) < 4.78 is 5.32. The zero-order valence-electron chi connectivity index (χ0n) is 16.1. The molecule has 8 nitrogen and oxygen atoms in total. The molecule has 0 radical (unpaired) electrons. The number of carbonyl (C=O) groups excluding carboxylic acids is 2. The Hall–Kier alpha value is -2.87. The molecule has 2 amide bonds. The number of aromatic amines is 1. The van der Waals surface area contributed by atoms with Crippen molar-refractivity contribution in [3.05, 3.63) is 36.0 Å². The van der Waals surface area contributed by atoms with Crippen molar-refractivity contribution in [1.82, 2.24) is 25.3 Å². The lowest BCUT2D eigenvalue weighted by Crippen LogP contribution is -2.52. The van der Waals surface area contributed by atoms with Crippen LogP contribution in [0.5, 0.6) is 5.75 Å². The van der Waals surface area contributed by atoms with Crippen LogP contribution in [-0.4, -0.2) is 71.6 Å². The molecular formula is C20H25N5O3. The number of methoxy groups -OCH3 is 1. The summed E-state index contributed by atoms with van der Waals surface area (Å²) in [5.74, 6) is 0.541. The van der Waals surface area contributed by atoms with Crippen molar-refractivity contribution in [3.63, 3.8) is 0 Å². The molecule has 2 saturated heterocycles.